The lowest BCUT2D eigenvalue weighted by Gasteiger charge is -2.12. The molecular weight excluding hydrogens is 364 g/mol. The molecule has 0 atom stereocenters. The predicted octanol–water partition coefficient (Wildman–Crippen LogP) is 3.41. The molecule has 0 saturated carbocycles. The zero-order chi connectivity index (χ0) is 19.6. The van der Waals surface area contributed by atoms with Gasteiger partial charge >= 0.3 is 5.97 Å². The molecule has 0 unspecified atom stereocenters. The van der Waals surface area contributed by atoms with E-state index in [1.54, 1.807) is 39.3 Å². The van der Waals surface area contributed by atoms with Crippen molar-refractivity contribution in [2.24, 2.45) is 0 Å². The predicted molar refractivity (Wildman–Crippen MR) is 110 cm³/mol. The molecule has 0 aliphatic heterocycles. The highest BCUT2D eigenvalue weighted by atomic mass is 32.1. The van der Waals surface area contributed by atoms with Gasteiger partial charge in [0.2, 0.25) is 0 Å². The number of methoxy groups -OCH3 is 2. The normalized spacial score (nSPS) is 10.0. The molecule has 0 spiro atoms. The number of anilines is 1. The fourth-order valence-electron chi connectivity index (χ4n) is 2.47. The van der Waals surface area contributed by atoms with Crippen LogP contribution in [0, 0.1) is 0 Å². The van der Waals surface area contributed by atoms with Gasteiger partial charge < -0.3 is 24.8 Å². The minimum Gasteiger partial charge on any atom is -0.493 e. The van der Waals surface area contributed by atoms with Crippen LogP contribution >= 0.6 is 12.2 Å². The Bertz CT molecular complexity index is 795. The molecule has 0 bridgehead atoms. The van der Waals surface area contributed by atoms with Crippen molar-refractivity contribution < 1.29 is 19.0 Å². The highest BCUT2D eigenvalue weighted by Gasteiger charge is 2.08. The van der Waals surface area contributed by atoms with Crippen LogP contribution in [0.1, 0.15) is 22.8 Å². The summed E-state index contributed by atoms with van der Waals surface area (Å²) in [6.07, 6.45) is 0.769. The maximum absolute atomic E-state index is 11.8. The summed E-state index contributed by atoms with van der Waals surface area (Å²) in [5.41, 5.74) is 2.31. The minimum atomic E-state index is -0.353. The maximum atomic E-state index is 11.8. The topological polar surface area (TPSA) is 68.8 Å². The molecule has 2 N–H and O–H groups in total. The number of nitrogens with one attached hydrogen (secondary N) is 2. The number of benzene rings is 2. The third-order valence-corrected chi connectivity index (χ3v) is 4.03. The Labute approximate surface area is 164 Å². The number of carbonyl (C=O) groups is 1. The van der Waals surface area contributed by atoms with Gasteiger partial charge in [-0.05, 0) is 61.5 Å². The first-order valence-corrected chi connectivity index (χ1v) is 9.01. The molecule has 2 aromatic carbocycles. The van der Waals surface area contributed by atoms with Crippen LogP contribution in [0.3, 0.4) is 0 Å². The second kappa shape index (κ2) is 10.4. The Kier molecular flexibility index (Phi) is 7.88. The Balaban J connectivity index is 1.86. The maximum Gasteiger partial charge on any atom is 0.338 e. The van der Waals surface area contributed by atoms with Crippen molar-refractivity contribution in [2.75, 3.05) is 32.7 Å². The van der Waals surface area contributed by atoms with Crippen LogP contribution in [0.2, 0.25) is 0 Å². The van der Waals surface area contributed by atoms with Crippen LogP contribution < -0.4 is 20.1 Å². The molecule has 0 aliphatic rings. The lowest BCUT2D eigenvalue weighted by Crippen LogP contribution is -2.30. The molecule has 0 fully saturated rings. The number of rotatable bonds is 8. The summed E-state index contributed by atoms with van der Waals surface area (Å²) in [6, 6.07) is 12.8. The molecule has 7 heteroatoms. The van der Waals surface area contributed by atoms with Gasteiger partial charge in [-0.3, -0.25) is 0 Å². The highest BCUT2D eigenvalue weighted by molar-refractivity contribution is 7.80. The van der Waals surface area contributed by atoms with E-state index < -0.39 is 0 Å². The SMILES string of the molecule is CCOC(=O)c1cccc(NC(=S)NCCc2ccc(OC)c(OC)c2)c1. The average Bonchev–Trinajstić information content (AvgIpc) is 2.68. The van der Waals surface area contributed by atoms with Crippen molar-refractivity contribution in [3.63, 3.8) is 0 Å². The van der Waals surface area contributed by atoms with Crippen LogP contribution in [0.4, 0.5) is 5.69 Å². The minimum absolute atomic E-state index is 0.340. The average molecular weight is 388 g/mol. The van der Waals surface area contributed by atoms with Crippen LogP contribution in [-0.4, -0.2) is 38.5 Å². The van der Waals surface area contributed by atoms with Crippen molar-refractivity contribution in [1.82, 2.24) is 5.32 Å². The molecule has 0 amide bonds. The van der Waals surface area contributed by atoms with Crippen molar-refractivity contribution in [3.05, 3.63) is 53.6 Å². The summed E-state index contributed by atoms with van der Waals surface area (Å²) in [4.78, 5) is 11.8. The third kappa shape index (κ3) is 6.14. The highest BCUT2D eigenvalue weighted by Crippen LogP contribution is 2.27. The Morgan fingerprint density at radius 2 is 1.85 bits per heavy atom. The Hall–Kier alpha value is -2.80. The number of hydrogen-bond donors (Lipinski definition) is 2. The summed E-state index contributed by atoms with van der Waals surface area (Å²) >= 11 is 5.32. The molecule has 2 aromatic rings. The van der Waals surface area contributed by atoms with Crippen molar-refractivity contribution >= 4 is 29.0 Å². The molecule has 144 valence electrons. The first-order chi connectivity index (χ1) is 13.1. The summed E-state index contributed by atoms with van der Waals surface area (Å²) in [5.74, 6) is 1.05. The van der Waals surface area contributed by atoms with Crippen LogP contribution in [0.25, 0.3) is 0 Å². The van der Waals surface area contributed by atoms with Gasteiger partial charge in [0.25, 0.3) is 0 Å². The van der Waals surface area contributed by atoms with Crippen LogP contribution in [0.15, 0.2) is 42.5 Å². The van der Waals surface area contributed by atoms with E-state index in [4.69, 9.17) is 26.4 Å². The molecule has 6 nitrogen and oxygen atoms in total. The van der Waals surface area contributed by atoms with E-state index in [2.05, 4.69) is 10.6 Å². The van der Waals surface area contributed by atoms with Crippen molar-refractivity contribution in [2.45, 2.75) is 13.3 Å². The van der Waals surface area contributed by atoms with Gasteiger partial charge in [0.1, 0.15) is 0 Å². The monoisotopic (exact) mass is 388 g/mol. The quantitative estimate of drug-likeness (QED) is 0.530. The van der Waals surface area contributed by atoms with Gasteiger partial charge in [0.05, 0.1) is 26.4 Å². The number of hydrogen-bond acceptors (Lipinski definition) is 5. The van der Waals surface area contributed by atoms with Crippen LogP contribution in [-0.2, 0) is 11.2 Å². The van der Waals surface area contributed by atoms with E-state index in [0.29, 0.717) is 35.3 Å². The molecule has 0 heterocycles. The van der Waals surface area contributed by atoms with Gasteiger partial charge in [0, 0.05) is 12.2 Å². The summed E-state index contributed by atoms with van der Waals surface area (Å²) in [5, 5.41) is 6.71. The van der Waals surface area contributed by atoms with Gasteiger partial charge in [-0.25, -0.2) is 4.79 Å². The van der Waals surface area contributed by atoms with Crippen molar-refractivity contribution in [3.8, 4) is 11.5 Å². The fraction of sp³-hybridized carbons (Fsp3) is 0.300. The number of esters is 1. The van der Waals surface area contributed by atoms with Crippen molar-refractivity contribution in [1.29, 1.82) is 0 Å². The Morgan fingerprint density at radius 1 is 1.07 bits per heavy atom. The number of carbonyl (C=O) groups excluding carboxylic acids is 1. The second-order valence-corrected chi connectivity index (χ2v) is 6.03. The van der Waals surface area contributed by atoms with Gasteiger partial charge in [-0.2, -0.15) is 0 Å². The lowest BCUT2D eigenvalue weighted by molar-refractivity contribution is 0.0526. The lowest BCUT2D eigenvalue weighted by atomic mass is 10.1. The van der Waals surface area contributed by atoms with Gasteiger partial charge in [-0.15, -0.1) is 0 Å². The molecule has 0 saturated heterocycles. The van der Waals surface area contributed by atoms with E-state index in [0.717, 1.165) is 17.7 Å². The van der Waals surface area contributed by atoms with E-state index >= 15 is 0 Å². The summed E-state index contributed by atoms with van der Waals surface area (Å²) in [6.45, 7) is 2.77. The molecule has 27 heavy (non-hydrogen) atoms. The second-order valence-electron chi connectivity index (χ2n) is 5.62. The number of thiocarbonyl (C=S) groups is 1. The first kappa shape index (κ1) is 20.5. The van der Waals surface area contributed by atoms with E-state index in [1.165, 1.54) is 0 Å². The summed E-state index contributed by atoms with van der Waals surface area (Å²) < 4.78 is 15.6. The Morgan fingerprint density at radius 3 is 2.56 bits per heavy atom. The van der Waals surface area contributed by atoms with Crippen LogP contribution in [0.5, 0.6) is 11.5 Å². The van der Waals surface area contributed by atoms with E-state index in [9.17, 15) is 4.79 Å². The first-order valence-electron chi connectivity index (χ1n) is 8.60. The molecular formula is C20H24N2O4S. The zero-order valence-electron chi connectivity index (χ0n) is 15.7. The molecule has 0 aliphatic carbocycles. The molecule has 0 radical (unpaired) electrons. The molecule has 0 aromatic heterocycles. The largest absolute Gasteiger partial charge is 0.493 e. The van der Waals surface area contributed by atoms with Gasteiger partial charge in [-0.1, -0.05) is 12.1 Å². The fourth-order valence-corrected chi connectivity index (χ4v) is 2.69. The zero-order valence-corrected chi connectivity index (χ0v) is 16.5. The van der Waals surface area contributed by atoms with E-state index in [-0.39, 0.29) is 5.97 Å². The summed E-state index contributed by atoms with van der Waals surface area (Å²) in [7, 11) is 3.23. The van der Waals surface area contributed by atoms with E-state index in [1.807, 2.05) is 24.3 Å². The third-order valence-electron chi connectivity index (χ3n) is 3.78. The standard InChI is InChI=1S/C20H24N2O4S/c1-4-26-19(23)15-6-5-7-16(13-15)22-20(27)21-11-10-14-8-9-17(24-2)18(12-14)25-3/h5-9,12-13H,4,10-11H2,1-3H3,(H2,21,22,27). The smallest absolute Gasteiger partial charge is 0.338 e. The number of ether oxygens (including phenoxy) is 3. The molecule has 2 rings (SSSR count). The van der Waals surface area contributed by atoms with Gasteiger partial charge in [0.15, 0.2) is 16.6 Å².